The molecule has 1 aromatic carbocycles. The Morgan fingerprint density at radius 2 is 1.22 bits per heavy atom. The Hall–Kier alpha value is -7.13. The first kappa shape index (κ1) is 55.9. The number of hydrogen-bond acceptors (Lipinski definition) is 15. The van der Waals surface area contributed by atoms with Crippen LogP contribution in [0.2, 0.25) is 0 Å². The summed E-state index contributed by atoms with van der Waals surface area (Å²) < 4.78 is 0. The van der Waals surface area contributed by atoms with Gasteiger partial charge in [0, 0.05) is 6.54 Å². The average Bonchev–Trinajstić information content (AvgIpc) is 3.22. The van der Waals surface area contributed by atoms with E-state index in [9.17, 15) is 58.2 Å². The molecule has 27 heteroatoms. The van der Waals surface area contributed by atoms with Gasteiger partial charge in [0.25, 0.3) is 0 Å². The molecule has 0 aliphatic rings. The van der Waals surface area contributed by atoms with Crippen molar-refractivity contribution in [3.05, 3.63) is 29.8 Å². The van der Waals surface area contributed by atoms with Gasteiger partial charge >= 0.3 is 11.9 Å². The number of nitrogens with one attached hydrogen (secondary N) is 8. The molecule has 19 N–H and O–H groups in total. The highest BCUT2D eigenvalue weighted by atomic mass is 16.4. The highest BCUT2D eigenvalue weighted by molar-refractivity contribution is 5.97. The average molecular weight is 925 g/mol. The molecule has 0 saturated carbocycles. The maximum absolute atomic E-state index is 13.4. The van der Waals surface area contributed by atoms with E-state index in [0.29, 0.717) is 5.56 Å². The first-order valence-corrected chi connectivity index (χ1v) is 20.0. The second-order valence-electron chi connectivity index (χ2n) is 15.0. The molecule has 0 spiro atoms. The molecule has 0 fully saturated rings. The Morgan fingerprint density at radius 1 is 0.662 bits per heavy atom. The monoisotopic (exact) mass is 924 g/mol. The van der Waals surface area contributed by atoms with Crippen LogP contribution in [0, 0.1) is 5.92 Å². The lowest BCUT2D eigenvalue weighted by atomic mass is 10.0. The van der Waals surface area contributed by atoms with Crippen molar-refractivity contribution < 1.29 is 73.5 Å². The van der Waals surface area contributed by atoms with Gasteiger partial charge in [0.15, 0.2) is 5.96 Å². The summed E-state index contributed by atoms with van der Waals surface area (Å²) in [6.45, 7) is 2.93. The Bertz CT molecular complexity index is 1880. The van der Waals surface area contributed by atoms with Gasteiger partial charge in [-0.15, -0.1) is 0 Å². The molecule has 0 radical (unpaired) electrons. The van der Waals surface area contributed by atoms with Crippen LogP contribution in [-0.4, -0.2) is 165 Å². The van der Waals surface area contributed by atoms with E-state index in [1.165, 1.54) is 19.1 Å². The lowest BCUT2D eigenvalue weighted by Crippen LogP contribution is -2.60. The Balaban J connectivity index is 2.95. The summed E-state index contributed by atoms with van der Waals surface area (Å²) in [7, 11) is 0. The number of aliphatic hydroxyl groups excluding tert-OH is 2. The second-order valence-corrected chi connectivity index (χ2v) is 15.0. The third-order valence-corrected chi connectivity index (χ3v) is 9.06. The van der Waals surface area contributed by atoms with Gasteiger partial charge in [-0.3, -0.25) is 48.1 Å². The van der Waals surface area contributed by atoms with Gasteiger partial charge in [-0.05, 0) is 56.7 Å². The number of benzene rings is 1. The van der Waals surface area contributed by atoms with Crippen molar-refractivity contribution in [3.63, 3.8) is 0 Å². The van der Waals surface area contributed by atoms with Crippen LogP contribution in [0.3, 0.4) is 0 Å². The summed E-state index contributed by atoms with van der Waals surface area (Å²) in [6, 6.07) is -4.24. The number of aliphatic imine (C=N–C) groups is 1. The number of phenolic OH excluding ortho intramolecular Hbond substituents is 1. The summed E-state index contributed by atoms with van der Waals surface area (Å²) in [4.78, 5) is 130. The predicted octanol–water partition coefficient (Wildman–Crippen LogP) is -6.93. The van der Waals surface area contributed by atoms with E-state index in [-0.39, 0.29) is 37.5 Å². The number of aliphatic carboxylic acids is 2. The van der Waals surface area contributed by atoms with Crippen LogP contribution in [0.15, 0.2) is 29.3 Å². The highest BCUT2D eigenvalue weighted by Gasteiger charge is 2.33. The Kier molecular flexibility index (Phi) is 23.9. The van der Waals surface area contributed by atoms with Crippen molar-refractivity contribution in [1.82, 2.24) is 42.5 Å². The van der Waals surface area contributed by atoms with E-state index in [0.717, 1.165) is 6.92 Å². The number of rotatable bonds is 28. The van der Waals surface area contributed by atoms with Crippen molar-refractivity contribution >= 4 is 65.2 Å². The number of phenols is 1. The fourth-order valence-corrected chi connectivity index (χ4v) is 5.50. The Morgan fingerprint density at radius 3 is 1.72 bits per heavy atom. The number of hydrogen-bond donors (Lipinski definition) is 16. The number of nitrogens with two attached hydrogens (primary N) is 3. The minimum Gasteiger partial charge on any atom is -0.508 e. The molecular formula is C38H60N12O15. The molecule has 0 bridgehead atoms. The van der Waals surface area contributed by atoms with E-state index < -0.39 is 140 Å². The molecule has 8 amide bonds. The van der Waals surface area contributed by atoms with E-state index in [1.54, 1.807) is 26.0 Å². The van der Waals surface area contributed by atoms with Crippen LogP contribution in [0.4, 0.5) is 0 Å². The quantitative estimate of drug-likeness (QED) is 0.0211. The van der Waals surface area contributed by atoms with Crippen LogP contribution in [-0.2, 0) is 54.4 Å². The fraction of sp³-hybridized carbons (Fsp3) is 0.553. The molecule has 0 aliphatic heterocycles. The number of nitrogens with zero attached hydrogens (tertiary/aromatic N) is 1. The maximum Gasteiger partial charge on any atom is 0.328 e. The third-order valence-electron chi connectivity index (χ3n) is 9.06. The summed E-state index contributed by atoms with van der Waals surface area (Å²) in [6.07, 6.45) is -2.51. The van der Waals surface area contributed by atoms with Gasteiger partial charge in [0.1, 0.15) is 42.0 Å². The molecule has 65 heavy (non-hydrogen) atoms. The molecule has 8 atom stereocenters. The number of amides is 8. The van der Waals surface area contributed by atoms with Crippen LogP contribution in [0.1, 0.15) is 52.5 Å². The number of carboxylic acids is 2. The van der Waals surface area contributed by atoms with E-state index in [1.807, 2.05) is 10.6 Å². The molecule has 0 saturated heterocycles. The Labute approximate surface area is 372 Å². The standard InChI is InChI=1S/C38H60N12O15/c1-17(2)29(49-31(58)18(3)45-32(59)22(39)12-20-7-9-21(53)10-8-20)36(63)50-30(19(4)52)35(62)44-15-26(54)46-23(6-5-11-42-38(40)41)33(60)43-14-27(55)47-24(13-28(56)57)34(61)48-25(16-51)37(64)65/h7-10,17-19,22-25,29-30,51-53H,5-6,11-16,39H2,1-4H3,(H,43,60)(H,44,62)(H,45,59)(H,46,54)(H,47,55)(H,48,61)(H,49,58)(H,50,63)(H,56,57)(H,64,65)(H4,40,41,42). The van der Waals surface area contributed by atoms with E-state index in [4.69, 9.17) is 32.5 Å². The molecular weight excluding hydrogens is 864 g/mol. The lowest BCUT2D eigenvalue weighted by molar-refractivity contribution is -0.144. The van der Waals surface area contributed by atoms with Crippen molar-refractivity contribution in [3.8, 4) is 5.75 Å². The normalized spacial score (nSPS) is 14.5. The van der Waals surface area contributed by atoms with Crippen LogP contribution < -0.4 is 59.7 Å². The van der Waals surface area contributed by atoms with E-state index >= 15 is 0 Å². The summed E-state index contributed by atoms with van der Waals surface area (Å²) in [5, 5.41) is 65.2. The molecule has 0 aromatic heterocycles. The first-order chi connectivity index (χ1) is 30.4. The smallest absolute Gasteiger partial charge is 0.328 e. The zero-order chi connectivity index (χ0) is 49.6. The number of guanidine groups is 1. The van der Waals surface area contributed by atoms with Gasteiger partial charge in [-0.2, -0.15) is 0 Å². The molecule has 27 nitrogen and oxygen atoms in total. The third kappa shape index (κ3) is 21.2. The zero-order valence-corrected chi connectivity index (χ0v) is 36.2. The maximum atomic E-state index is 13.4. The highest BCUT2D eigenvalue weighted by Crippen LogP contribution is 2.11. The van der Waals surface area contributed by atoms with Crippen LogP contribution >= 0.6 is 0 Å². The molecule has 1 rings (SSSR count). The zero-order valence-electron chi connectivity index (χ0n) is 36.2. The summed E-state index contributed by atoms with van der Waals surface area (Å²) >= 11 is 0. The topological polar surface area (TPSA) is 459 Å². The number of carbonyl (C=O) groups is 10. The number of aliphatic hydroxyl groups is 2. The largest absolute Gasteiger partial charge is 0.508 e. The minimum atomic E-state index is -1.83. The molecule has 0 aliphatic carbocycles. The van der Waals surface area contributed by atoms with Gasteiger partial charge in [0.2, 0.25) is 47.3 Å². The minimum absolute atomic E-state index is 0.00620. The number of carboxylic acid groups (broad SMARTS) is 2. The van der Waals surface area contributed by atoms with Gasteiger partial charge in [-0.25, -0.2) is 4.79 Å². The van der Waals surface area contributed by atoms with Gasteiger partial charge in [0.05, 0.1) is 38.3 Å². The second kappa shape index (κ2) is 27.8. The van der Waals surface area contributed by atoms with E-state index in [2.05, 4.69) is 36.9 Å². The SMILES string of the molecule is CC(NC(=O)C(N)Cc1ccc(O)cc1)C(=O)NC(C(=O)NC(C(=O)NCC(=O)NC(CCCN=C(N)N)C(=O)NCC(=O)NC(CC(=O)O)C(=O)NC(CO)C(=O)O)C(C)O)C(C)C. The van der Waals surface area contributed by atoms with Crippen LogP contribution in [0.5, 0.6) is 5.75 Å². The molecule has 362 valence electrons. The first-order valence-electron chi connectivity index (χ1n) is 20.0. The van der Waals surface area contributed by atoms with Gasteiger partial charge < -0.3 is 85.3 Å². The molecule has 8 unspecified atom stereocenters. The summed E-state index contributed by atoms with van der Waals surface area (Å²) in [5.74, 6) is -11.8. The number of carbonyl (C=O) groups excluding carboxylic acids is 8. The number of aromatic hydroxyl groups is 1. The fourth-order valence-electron chi connectivity index (χ4n) is 5.50. The molecule has 0 heterocycles. The molecule has 1 aromatic rings. The summed E-state index contributed by atoms with van der Waals surface area (Å²) in [5.41, 5.74) is 17.3. The van der Waals surface area contributed by atoms with Gasteiger partial charge in [-0.1, -0.05) is 26.0 Å². The van der Waals surface area contributed by atoms with Crippen molar-refractivity contribution in [1.29, 1.82) is 0 Å². The van der Waals surface area contributed by atoms with Crippen molar-refractivity contribution in [2.45, 2.75) is 102 Å². The van der Waals surface area contributed by atoms with Crippen LogP contribution in [0.25, 0.3) is 0 Å². The lowest BCUT2D eigenvalue weighted by Gasteiger charge is -2.27. The predicted molar refractivity (Wildman–Crippen MR) is 226 cm³/mol. The van der Waals surface area contributed by atoms with Crippen molar-refractivity contribution in [2.24, 2.45) is 28.1 Å². The van der Waals surface area contributed by atoms with Crippen molar-refractivity contribution in [2.75, 3.05) is 26.2 Å².